The SMILES string of the molecule is Nc1cccc(-c2cc(NCCO)nc(N)n2)c1. The standard InChI is InChI=1S/C12H15N5O/c13-9-3-1-2-8(6-9)10-7-11(15-4-5-18)17-12(14)16-10/h1-3,6-7,18H,4-5,13H2,(H3,14,15,16,17). The average molecular weight is 245 g/mol. The van der Waals surface area contributed by atoms with E-state index in [0.29, 0.717) is 23.7 Å². The summed E-state index contributed by atoms with van der Waals surface area (Å²) in [5.41, 5.74) is 13.6. The van der Waals surface area contributed by atoms with Gasteiger partial charge in [-0.2, -0.15) is 4.98 Å². The van der Waals surface area contributed by atoms with Crippen LogP contribution in [0.15, 0.2) is 30.3 Å². The summed E-state index contributed by atoms with van der Waals surface area (Å²) >= 11 is 0. The monoisotopic (exact) mass is 245 g/mol. The van der Waals surface area contributed by atoms with Crippen molar-refractivity contribution in [2.45, 2.75) is 0 Å². The lowest BCUT2D eigenvalue weighted by Gasteiger charge is -2.07. The van der Waals surface area contributed by atoms with E-state index in [0.717, 1.165) is 5.56 Å². The second-order valence-electron chi connectivity index (χ2n) is 3.77. The number of aliphatic hydroxyl groups is 1. The highest BCUT2D eigenvalue weighted by Crippen LogP contribution is 2.22. The lowest BCUT2D eigenvalue weighted by atomic mass is 10.1. The van der Waals surface area contributed by atoms with E-state index in [1.165, 1.54) is 0 Å². The van der Waals surface area contributed by atoms with Crippen LogP contribution in [0.2, 0.25) is 0 Å². The van der Waals surface area contributed by atoms with Gasteiger partial charge in [0.05, 0.1) is 12.3 Å². The first kappa shape index (κ1) is 12.1. The third kappa shape index (κ3) is 2.86. The molecule has 6 heteroatoms. The van der Waals surface area contributed by atoms with Gasteiger partial charge in [-0.3, -0.25) is 0 Å². The fourth-order valence-corrected chi connectivity index (χ4v) is 1.59. The van der Waals surface area contributed by atoms with Crippen LogP contribution in [0.1, 0.15) is 0 Å². The smallest absolute Gasteiger partial charge is 0.222 e. The van der Waals surface area contributed by atoms with Gasteiger partial charge in [0.1, 0.15) is 5.82 Å². The van der Waals surface area contributed by atoms with Crippen LogP contribution in [0.25, 0.3) is 11.3 Å². The molecule has 0 amide bonds. The van der Waals surface area contributed by atoms with Crippen LogP contribution < -0.4 is 16.8 Å². The normalized spacial score (nSPS) is 10.3. The molecule has 0 aliphatic carbocycles. The number of anilines is 3. The number of hydrogen-bond donors (Lipinski definition) is 4. The lowest BCUT2D eigenvalue weighted by molar-refractivity contribution is 0.311. The van der Waals surface area contributed by atoms with E-state index < -0.39 is 0 Å². The minimum Gasteiger partial charge on any atom is -0.399 e. The highest BCUT2D eigenvalue weighted by atomic mass is 16.3. The number of rotatable bonds is 4. The van der Waals surface area contributed by atoms with Gasteiger partial charge in [0.15, 0.2) is 0 Å². The van der Waals surface area contributed by atoms with Gasteiger partial charge in [0, 0.05) is 23.9 Å². The molecule has 2 rings (SSSR count). The maximum Gasteiger partial charge on any atom is 0.222 e. The minimum absolute atomic E-state index is 0.0253. The molecule has 0 fully saturated rings. The number of nitrogen functional groups attached to an aromatic ring is 2. The van der Waals surface area contributed by atoms with Crippen LogP contribution in [0.4, 0.5) is 17.5 Å². The van der Waals surface area contributed by atoms with Crippen molar-refractivity contribution in [2.24, 2.45) is 0 Å². The fraction of sp³-hybridized carbons (Fsp3) is 0.167. The van der Waals surface area contributed by atoms with E-state index >= 15 is 0 Å². The molecule has 1 aromatic carbocycles. The maximum absolute atomic E-state index is 8.77. The zero-order chi connectivity index (χ0) is 13.0. The summed E-state index contributed by atoms with van der Waals surface area (Å²) in [7, 11) is 0. The number of nitrogens with one attached hydrogen (secondary N) is 1. The van der Waals surface area contributed by atoms with E-state index in [1.54, 1.807) is 12.1 Å². The van der Waals surface area contributed by atoms with E-state index in [-0.39, 0.29) is 12.6 Å². The summed E-state index contributed by atoms with van der Waals surface area (Å²) in [5, 5.41) is 11.7. The number of aliphatic hydroxyl groups excluding tert-OH is 1. The van der Waals surface area contributed by atoms with Crippen LogP contribution >= 0.6 is 0 Å². The number of hydrogen-bond acceptors (Lipinski definition) is 6. The van der Waals surface area contributed by atoms with Crippen molar-refractivity contribution in [3.63, 3.8) is 0 Å². The molecule has 0 saturated carbocycles. The van der Waals surface area contributed by atoms with Crippen molar-refractivity contribution in [1.82, 2.24) is 9.97 Å². The highest BCUT2D eigenvalue weighted by Gasteiger charge is 2.04. The molecule has 1 heterocycles. The molecular formula is C12H15N5O. The molecule has 2 aromatic rings. The predicted octanol–water partition coefficient (Wildman–Crippen LogP) is 0.712. The first-order valence-corrected chi connectivity index (χ1v) is 5.54. The Morgan fingerprint density at radius 2 is 2.00 bits per heavy atom. The lowest BCUT2D eigenvalue weighted by Crippen LogP contribution is -2.09. The quantitative estimate of drug-likeness (QED) is 0.590. The predicted molar refractivity (Wildman–Crippen MR) is 71.9 cm³/mol. The van der Waals surface area contributed by atoms with Gasteiger partial charge in [0.2, 0.25) is 5.95 Å². The van der Waals surface area contributed by atoms with Crippen LogP contribution in [-0.4, -0.2) is 28.2 Å². The van der Waals surface area contributed by atoms with Crippen molar-refractivity contribution in [3.8, 4) is 11.3 Å². The topological polar surface area (TPSA) is 110 Å². The van der Waals surface area contributed by atoms with E-state index in [9.17, 15) is 0 Å². The summed E-state index contributed by atoms with van der Waals surface area (Å²) in [6.45, 7) is 0.435. The summed E-state index contributed by atoms with van der Waals surface area (Å²) in [6, 6.07) is 9.13. The Labute approximate surface area is 105 Å². The van der Waals surface area contributed by atoms with E-state index in [4.69, 9.17) is 16.6 Å². The highest BCUT2D eigenvalue weighted by molar-refractivity contribution is 5.67. The van der Waals surface area contributed by atoms with Crippen molar-refractivity contribution in [1.29, 1.82) is 0 Å². The zero-order valence-corrected chi connectivity index (χ0v) is 9.80. The first-order valence-electron chi connectivity index (χ1n) is 5.54. The molecule has 0 unspecified atom stereocenters. The third-order valence-corrected chi connectivity index (χ3v) is 2.34. The van der Waals surface area contributed by atoms with E-state index in [2.05, 4.69) is 15.3 Å². The second kappa shape index (κ2) is 5.33. The Morgan fingerprint density at radius 3 is 2.72 bits per heavy atom. The molecular weight excluding hydrogens is 230 g/mol. The molecule has 0 atom stereocenters. The van der Waals surface area contributed by atoms with Crippen LogP contribution in [-0.2, 0) is 0 Å². The molecule has 0 saturated heterocycles. The molecule has 94 valence electrons. The maximum atomic E-state index is 8.77. The van der Waals surface area contributed by atoms with Gasteiger partial charge in [-0.1, -0.05) is 12.1 Å². The summed E-state index contributed by atoms with van der Waals surface area (Å²) in [6.07, 6.45) is 0. The van der Waals surface area contributed by atoms with Gasteiger partial charge in [-0.05, 0) is 12.1 Å². The van der Waals surface area contributed by atoms with Crippen molar-refractivity contribution in [2.75, 3.05) is 29.9 Å². The fourth-order valence-electron chi connectivity index (χ4n) is 1.59. The molecule has 6 nitrogen and oxygen atoms in total. The Kier molecular flexibility index (Phi) is 3.59. The zero-order valence-electron chi connectivity index (χ0n) is 9.80. The van der Waals surface area contributed by atoms with Crippen LogP contribution in [0.5, 0.6) is 0 Å². The largest absolute Gasteiger partial charge is 0.399 e. The van der Waals surface area contributed by atoms with E-state index in [1.807, 2.05) is 18.2 Å². The van der Waals surface area contributed by atoms with Crippen molar-refractivity contribution >= 4 is 17.5 Å². The molecule has 6 N–H and O–H groups in total. The number of benzene rings is 1. The summed E-state index contributed by atoms with van der Waals surface area (Å²) in [4.78, 5) is 8.19. The summed E-state index contributed by atoms with van der Waals surface area (Å²) in [5.74, 6) is 0.754. The number of aromatic nitrogens is 2. The Balaban J connectivity index is 2.35. The van der Waals surface area contributed by atoms with Gasteiger partial charge in [-0.15, -0.1) is 0 Å². The molecule has 0 spiro atoms. The van der Waals surface area contributed by atoms with Crippen molar-refractivity contribution in [3.05, 3.63) is 30.3 Å². The third-order valence-electron chi connectivity index (χ3n) is 2.34. The Hall–Kier alpha value is -2.34. The number of nitrogens with two attached hydrogens (primary N) is 2. The molecule has 18 heavy (non-hydrogen) atoms. The Bertz CT molecular complexity index is 544. The van der Waals surface area contributed by atoms with Gasteiger partial charge >= 0.3 is 0 Å². The summed E-state index contributed by atoms with van der Waals surface area (Å²) < 4.78 is 0. The molecule has 0 radical (unpaired) electrons. The number of nitrogens with zero attached hydrogens (tertiary/aromatic N) is 2. The van der Waals surface area contributed by atoms with Gasteiger partial charge in [0.25, 0.3) is 0 Å². The van der Waals surface area contributed by atoms with Crippen LogP contribution in [0.3, 0.4) is 0 Å². The Morgan fingerprint density at radius 1 is 1.17 bits per heavy atom. The second-order valence-corrected chi connectivity index (χ2v) is 3.77. The van der Waals surface area contributed by atoms with Gasteiger partial charge in [-0.25, -0.2) is 4.98 Å². The van der Waals surface area contributed by atoms with Crippen LogP contribution in [0, 0.1) is 0 Å². The minimum atomic E-state index is 0.0253. The molecule has 0 aliphatic heterocycles. The molecule has 0 bridgehead atoms. The molecule has 1 aromatic heterocycles. The van der Waals surface area contributed by atoms with Crippen molar-refractivity contribution < 1.29 is 5.11 Å². The van der Waals surface area contributed by atoms with Gasteiger partial charge < -0.3 is 21.9 Å². The first-order chi connectivity index (χ1) is 8.69. The molecule has 0 aliphatic rings. The average Bonchev–Trinajstić information content (AvgIpc) is 2.36.